The van der Waals surface area contributed by atoms with Crippen molar-refractivity contribution in [3.8, 4) is 0 Å². The summed E-state index contributed by atoms with van der Waals surface area (Å²) in [6, 6.07) is 9.49. The smallest absolute Gasteiger partial charge is 0.238 e. The Balaban J connectivity index is 1.93. The van der Waals surface area contributed by atoms with Gasteiger partial charge in [-0.2, -0.15) is 0 Å². The number of aromatic nitrogens is 1. The van der Waals surface area contributed by atoms with Crippen molar-refractivity contribution in [1.82, 2.24) is 10.5 Å². The Bertz CT molecular complexity index is 573. The molecule has 0 unspecified atom stereocenters. The zero-order valence-electron chi connectivity index (χ0n) is 12.6. The maximum atomic E-state index is 12.0. The fourth-order valence-corrected chi connectivity index (χ4v) is 2.38. The first-order valence-corrected chi connectivity index (χ1v) is 7.12. The summed E-state index contributed by atoms with van der Waals surface area (Å²) in [5.74, 6) is 0.738. The van der Waals surface area contributed by atoms with Crippen LogP contribution in [0.15, 0.2) is 34.9 Å². The van der Waals surface area contributed by atoms with Crippen molar-refractivity contribution in [1.29, 1.82) is 0 Å². The van der Waals surface area contributed by atoms with Crippen LogP contribution in [0.1, 0.15) is 36.4 Å². The number of hydrogen-bond donors (Lipinski definition) is 2. The SMILES string of the molecule is CC[C@H](NCC(=O)Nc1ccccc1)c1c(C)noc1C. The third-order valence-corrected chi connectivity index (χ3v) is 3.41. The summed E-state index contributed by atoms with van der Waals surface area (Å²) in [4.78, 5) is 12.0. The van der Waals surface area contributed by atoms with Crippen LogP contribution >= 0.6 is 0 Å². The summed E-state index contributed by atoms with van der Waals surface area (Å²) in [5.41, 5.74) is 2.72. The molecule has 0 fully saturated rings. The Kier molecular flexibility index (Phi) is 5.11. The average molecular weight is 287 g/mol. The van der Waals surface area contributed by atoms with Gasteiger partial charge < -0.3 is 15.2 Å². The number of carbonyl (C=O) groups excluding carboxylic acids is 1. The molecule has 0 saturated carbocycles. The summed E-state index contributed by atoms with van der Waals surface area (Å²) >= 11 is 0. The molecule has 21 heavy (non-hydrogen) atoms. The molecular weight excluding hydrogens is 266 g/mol. The van der Waals surface area contributed by atoms with Gasteiger partial charge in [0, 0.05) is 17.3 Å². The van der Waals surface area contributed by atoms with Crippen LogP contribution in [0.4, 0.5) is 5.69 Å². The Morgan fingerprint density at radius 3 is 2.57 bits per heavy atom. The van der Waals surface area contributed by atoms with Gasteiger partial charge in [0.1, 0.15) is 5.76 Å². The van der Waals surface area contributed by atoms with Gasteiger partial charge in [-0.25, -0.2) is 0 Å². The molecule has 1 heterocycles. The number of nitrogens with one attached hydrogen (secondary N) is 2. The molecule has 0 bridgehead atoms. The molecule has 0 spiro atoms. The minimum absolute atomic E-state index is 0.0635. The second kappa shape index (κ2) is 7.04. The van der Waals surface area contributed by atoms with E-state index in [0.29, 0.717) is 0 Å². The lowest BCUT2D eigenvalue weighted by Crippen LogP contribution is -2.31. The van der Waals surface area contributed by atoms with Gasteiger partial charge in [-0.05, 0) is 32.4 Å². The monoisotopic (exact) mass is 287 g/mol. The number of rotatable bonds is 6. The normalized spacial score (nSPS) is 12.1. The lowest BCUT2D eigenvalue weighted by Gasteiger charge is -2.16. The zero-order chi connectivity index (χ0) is 15.2. The van der Waals surface area contributed by atoms with Crippen molar-refractivity contribution in [2.24, 2.45) is 0 Å². The van der Waals surface area contributed by atoms with E-state index in [1.54, 1.807) is 0 Å². The van der Waals surface area contributed by atoms with Gasteiger partial charge in [-0.3, -0.25) is 4.79 Å². The fraction of sp³-hybridized carbons (Fsp3) is 0.375. The lowest BCUT2D eigenvalue weighted by molar-refractivity contribution is -0.115. The number of hydrogen-bond acceptors (Lipinski definition) is 4. The summed E-state index contributed by atoms with van der Waals surface area (Å²) in [6.07, 6.45) is 0.863. The van der Waals surface area contributed by atoms with Gasteiger partial charge in [-0.15, -0.1) is 0 Å². The second-order valence-corrected chi connectivity index (χ2v) is 4.99. The van der Waals surface area contributed by atoms with E-state index in [0.717, 1.165) is 29.1 Å². The fourth-order valence-electron chi connectivity index (χ4n) is 2.38. The average Bonchev–Trinajstić information content (AvgIpc) is 2.81. The van der Waals surface area contributed by atoms with Crippen LogP contribution in [0, 0.1) is 13.8 Å². The Labute approximate surface area is 124 Å². The van der Waals surface area contributed by atoms with E-state index in [1.807, 2.05) is 44.2 Å². The molecule has 2 rings (SSSR count). The van der Waals surface area contributed by atoms with Crippen LogP contribution in [0.25, 0.3) is 0 Å². The van der Waals surface area contributed by atoms with Gasteiger partial charge in [-0.1, -0.05) is 30.3 Å². The third-order valence-electron chi connectivity index (χ3n) is 3.41. The van der Waals surface area contributed by atoms with Gasteiger partial charge in [0.15, 0.2) is 0 Å². The van der Waals surface area contributed by atoms with E-state index in [1.165, 1.54) is 0 Å². The Hall–Kier alpha value is -2.14. The van der Waals surface area contributed by atoms with Crippen molar-refractivity contribution in [2.75, 3.05) is 11.9 Å². The molecule has 0 aliphatic carbocycles. The first kappa shape index (κ1) is 15.3. The van der Waals surface area contributed by atoms with E-state index >= 15 is 0 Å². The highest BCUT2D eigenvalue weighted by Crippen LogP contribution is 2.23. The van der Waals surface area contributed by atoms with Crippen molar-refractivity contribution in [3.63, 3.8) is 0 Å². The number of para-hydroxylation sites is 1. The molecule has 5 heteroatoms. The maximum Gasteiger partial charge on any atom is 0.238 e. The molecule has 1 amide bonds. The highest BCUT2D eigenvalue weighted by molar-refractivity contribution is 5.92. The summed E-state index contributed by atoms with van der Waals surface area (Å²) in [7, 11) is 0. The quantitative estimate of drug-likeness (QED) is 0.857. The second-order valence-electron chi connectivity index (χ2n) is 4.99. The largest absolute Gasteiger partial charge is 0.361 e. The Morgan fingerprint density at radius 1 is 1.29 bits per heavy atom. The van der Waals surface area contributed by atoms with Crippen LogP contribution in [-0.4, -0.2) is 17.6 Å². The van der Waals surface area contributed by atoms with Gasteiger partial charge in [0.05, 0.1) is 12.2 Å². The number of nitrogens with zero attached hydrogens (tertiary/aromatic N) is 1. The van der Waals surface area contributed by atoms with E-state index < -0.39 is 0 Å². The minimum atomic E-state index is -0.0635. The van der Waals surface area contributed by atoms with Gasteiger partial charge in [0.25, 0.3) is 0 Å². The van der Waals surface area contributed by atoms with Crippen molar-refractivity contribution in [2.45, 2.75) is 33.2 Å². The molecular formula is C16H21N3O2. The maximum absolute atomic E-state index is 12.0. The van der Waals surface area contributed by atoms with Crippen molar-refractivity contribution >= 4 is 11.6 Å². The zero-order valence-corrected chi connectivity index (χ0v) is 12.6. The van der Waals surface area contributed by atoms with Crippen LogP contribution in [0.2, 0.25) is 0 Å². The molecule has 0 aliphatic rings. The molecule has 112 valence electrons. The highest BCUT2D eigenvalue weighted by Gasteiger charge is 2.19. The number of benzene rings is 1. The van der Waals surface area contributed by atoms with Crippen LogP contribution in [-0.2, 0) is 4.79 Å². The molecule has 0 saturated heterocycles. The van der Waals surface area contributed by atoms with Gasteiger partial charge >= 0.3 is 0 Å². The number of amides is 1. The van der Waals surface area contributed by atoms with Crippen LogP contribution in [0.3, 0.4) is 0 Å². The predicted octanol–water partition coefficient (Wildman–Crippen LogP) is 2.97. The van der Waals surface area contributed by atoms with Crippen LogP contribution < -0.4 is 10.6 Å². The third kappa shape index (κ3) is 3.92. The number of aryl methyl sites for hydroxylation is 2. The molecule has 2 N–H and O–H groups in total. The highest BCUT2D eigenvalue weighted by atomic mass is 16.5. The lowest BCUT2D eigenvalue weighted by atomic mass is 10.0. The summed E-state index contributed by atoms with van der Waals surface area (Å²) in [5, 5.41) is 10.1. The first-order valence-electron chi connectivity index (χ1n) is 7.12. The molecule has 1 aromatic carbocycles. The van der Waals surface area contributed by atoms with E-state index in [2.05, 4.69) is 22.7 Å². The van der Waals surface area contributed by atoms with E-state index in [9.17, 15) is 4.79 Å². The molecule has 1 atom stereocenters. The Morgan fingerprint density at radius 2 is 2.00 bits per heavy atom. The van der Waals surface area contributed by atoms with Crippen molar-refractivity contribution < 1.29 is 9.32 Å². The van der Waals surface area contributed by atoms with Gasteiger partial charge in [0.2, 0.25) is 5.91 Å². The molecule has 5 nitrogen and oxygen atoms in total. The molecule has 2 aromatic rings. The number of anilines is 1. The van der Waals surface area contributed by atoms with E-state index in [4.69, 9.17) is 4.52 Å². The molecule has 0 radical (unpaired) electrons. The summed E-state index contributed by atoms with van der Waals surface area (Å²) in [6.45, 7) is 6.13. The van der Waals surface area contributed by atoms with E-state index in [-0.39, 0.29) is 18.5 Å². The standard InChI is InChI=1S/C16H21N3O2/c1-4-14(16-11(2)19-21-12(16)3)17-10-15(20)18-13-8-6-5-7-9-13/h5-9,14,17H,4,10H2,1-3H3,(H,18,20)/t14-/m0/s1. The molecule has 0 aliphatic heterocycles. The minimum Gasteiger partial charge on any atom is -0.361 e. The number of carbonyl (C=O) groups is 1. The topological polar surface area (TPSA) is 67.2 Å². The van der Waals surface area contributed by atoms with Crippen molar-refractivity contribution in [3.05, 3.63) is 47.3 Å². The molecule has 1 aromatic heterocycles. The summed E-state index contributed by atoms with van der Waals surface area (Å²) < 4.78 is 5.19. The first-order chi connectivity index (χ1) is 10.1. The van der Waals surface area contributed by atoms with Crippen LogP contribution in [0.5, 0.6) is 0 Å². The predicted molar refractivity (Wildman–Crippen MR) is 82.1 cm³/mol.